The Bertz CT molecular complexity index is 1010. The van der Waals surface area contributed by atoms with Crippen molar-refractivity contribution in [3.63, 3.8) is 0 Å². The minimum Gasteiger partial charge on any atom is -0.493 e. The van der Waals surface area contributed by atoms with Crippen LogP contribution in [0.3, 0.4) is 0 Å². The molecule has 1 aromatic heterocycles. The molecule has 3 aromatic rings. The predicted octanol–water partition coefficient (Wildman–Crippen LogP) is 3.67. The van der Waals surface area contributed by atoms with Gasteiger partial charge in [-0.15, -0.1) is 0 Å². The number of hydrogen-bond acceptors (Lipinski definition) is 5. The van der Waals surface area contributed by atoms with Crippen molar-refractivity contribution in [2.45, 2.75) is 6.92 Å². The van der Waals surface area contributed by atoms with Crippen molar-refractivity contribution in [3.8, 4) is 23.1 Å². The highest BCUT2D eigenvalue weighted by atomic mass is 16.5. The lowest BCUT2D eigenvalue weighted by Gasteiger charge is -2.16. The van der Waals surface area contributed by atoms with Crippen molar-refractivity contribution in [1.29, 1.82) is 5.26 Å². The number of anilines is 1. The third-order valence-electron chi connectivity index (χ3n) is 3.86. The van der Waals surface area contributed by atoms with Crippen LogP contribution in [0, 0.1) is 11.3 Å². The van der Waals surface area contributed by atoms with Crippen molar-refractivity contribution in [3.05, 3.63) is 54.1 Å². The fourth-order valence-electron chi connectivity index (χ4n) is 2.81. The van der Waals surface area contributed by atoms with E-state index in [1.165, 1.54) is 0 Å². The van der Waals surface area contributed by atoms with Crippen LogP contribution in [0.25, 0.3) is 22.2 Å². The Labute approximate surface area is 150 Å². The van der Waals surface area contributed by atoms with Gasteiger partial charge in [-0.3, -0.25) is 4.79 Å². The van der Waals surface area contributed by atoms with E-state index < -0.39 is 5.97 Å². The Morgan fingerprint density at radius 2 is 1.96 bits per heavy atom. The number of aromatic nitrogens is 1. The summed E-state index contributed by atoms with van der Waals surface area (Å²) < 4.78 is 5.68. The van der Waals surface area contributed by atoms with Gasteiger partial charge in [0.2, 0.25) is 0 Å². The number of fused-ring (bicyclic) bond motifs is 1. The molecule has 0 unspecified atom stereocenters. The number of carboxylic acid groups (broad SMARTS) is 1. The van der Waals surface area contributed by atoms with Gasteiger partial charge in [0.25, 0.3) is 0 Å². The van der Waals surface area contributed by atoms with Crippen molar-refractivity contribution in [2.75, 3.05) is 18.5 Å². The average molecular weight is 347 g/mol. The lowest BCUT2D eigenvalue weighted by atomic mass is 10.0. The number of benzene rings is 2. The summed E-state index contributed by atoms with van der Waals surface area (Å²) >= 11 is 0. The van der Waals surface area contributed by atoms with E-state index in [-0.39, 0.29) is 12.1 Å². The van der Waals surface area contributed by atoms with E-state index >= 15 is 0 Å². The van der Waals surface area contributed by atoms with Crippen molar-refractivity contribution in [2.24, 2.45) is 0 Å². The maximum atomic E-state index is 11.0. The molecule has 26 heavy (non-hydrogen) atoms. The largest absolute Gasteiger partial charge is 0.493 e. The molecule has 0 saturated carbocycles. The van der Waals surface area contributed by atoms with Gasteiger partial charge in [-0.2, -0.15) is 5.26 Å². The SMILES string of the molecule is CCOc1ccccc1-c1nc2ccccc2c(NCC(=O)O)c1C#N. The molecule has 1 heterocycles. The van der Waals surface area contributed by atoms with E-state index in [2.05, 4.69) is 16.4 Å². The molecule has 0 amide bonds. The Balaban J connectivity index is 2.30. The standard InChI is InChI=1S/C20H17N3O3/c1-2-26-17-10-6-4-8-14(17)20-15(11-21)19(22-12-18(24)25)13-7-3-5-9-16(13)23-20/h3-10H,2,12H2,1H3,(H,22,23)(H,24,25). The molecular weight excluding hydrogens is 330 g/mol. The Hall–Kier alpha value is -3.59. The summed E-state index contributed by atoms with van der Waals surface area (Å²) in [6.45, 7) is 2.07. The number of hydrogen-bond donors (Lipinski definition) is 2. The van der Waals surface area contributed by atoms with Crippen LogP contribution < -0.4 is 10.1 Å². The third-order valence-corrected chi connectivity index (χ3v) is 3.86. The highest BCUT2D eigenvalue weighted by Gasteiger charge is 2.19. The number of carboxylic acids is 1. The van der Waals surface area contributed by atoms with E-state index in [1.54, 1.807) is 0 Å². The van der Waals surface area contributed by atoms with Gasteiger partial charge in [0, 0.05) is 10.9 Å². The molecule has 2 N–H and O–H groups in total. The first kappa shape index (κ1) is 17.2. The zero-order valence-corrected chi connectivity index (χ0v) is 14.2. The number of nitrogens with zero attached hydrogens (tertiary/aromatic N) is 2. The number of carbonyl (C=O) groups is 1. The number of rotatable bonds is 6. The fourth-order valence-corrected chi connectivity index (χ4v) is 2.81. The van der Waals surface area contributed by atoms with Gasteiger partial charge in [0.05, 0.1) is 23.5 Å². The second kappa shape index (κ2) is 7.53. The summed E-state index contributed by atoms with van der Waals surface area (Å²) in [6.07, 6.45) is 0. The van der Waals surface area contributed by atoms with Crippen LogP contribution in [0.5, 0.6) is 5.75 Å². The maximum absolute atomic E-state index is 11.0. The normalized spacial score (nSPS) is 10.3. The lowest BCUT2D eigenvalue weighted by Crippen LogP contribution is -2.14. The molecule has 0 aliphatic rings. The lowest BCUT2D eigenvalue weighted by molar-refractivity contribution is -0.134. The highest BCUT2D eigenvalue weighted by Crippen LogP contribution is 2.37. The molecule has 130 valence electrons. The van der Waals surface area contributed by atoms with Gasteiger partial charge in [0.15, 0.2) is 0 Å². The number of aliphatic carboxylic acids is 1. The van der Waals surface area contributed by atoms with Crippen molar-refractivity contribution < 1.29 is 14.6 Å². The second-order valence-corrected chi connectivity index (χ2v) is 5.52. The molecule has 3 rings (SSSR count). The zero-order chi connectivity index (χ0) is 18.5. The summed E-state index contributed by atoms with van der Waals surface area (Å²) in [6, 6.07) is 16.8. The fraction of sp³-hybridized carbons (Fsp3) is 0.150. The Morgan fingerprint density at radius 3 is 2.69 bits per heavy atom. The van der Waals surface area contributed by atoms with E-state index in [0.717, 1.165) is 0 Å². The molecule has 0 aliphatic heterocycles. The van der Waals surface area contributed by atoms with Crippen molar-refractivity contribution in [1.82, 2.24) is 4.98 Å². The molecule has 6 heteroatoms. The smallest absolute Gasteiger partial charge is 0.322 e. The second-order valence-electron chi connectivity index (χ2n) is 5.52. The van der Waals surface area contributed by atoms with Crippen LogP contribution in [-0.2, 0) is 4.79 Å². The first-order valence-electron chi connectivity index (χ1n) is 8.16. The monoisotopic (exact) mass is 347 g/mol. The Morgan fingerprint density at radius 1 is 1.23 bits per heavy atom. The molecule has 2 aromatic carbocycles. The molecule has 6 nitrogen and oxygen atoms in total. The first-order valence-corrected chi connectivity index (χ1v) is 8.16. The van der Waals surface area contributed by atoms with E-state index in [0.29, 0.717) is 40.2 Å². The summed E-state index contributed by atoms with van der Waals surface area (Å²) in [7, 11) is 0. The number of para-hydroxylation sites is 2. The molecular formula is C20H17N3O3. The van der Waals surface area contributed by atoms with Crippen LogP contribution >= 0.6 is 0 Å². The van der Waals surface area contributed by atoms with Crippen LogP contribution in [0.2, 0.25) is 0 Å². The van der Waals surface area contributed by atoms with E-state index in [9.17, 15) is 10.1 Å². The van der Waals surface area contributed by atoms with Gasteiger partial charge < -0.3 is 15.2 Å². The topological polar surface area (TPSA) is 95.2 Å². The number of nitriles is 1. The van der Waals surface area contributed by atoms with Gasteiger partial charge in [-0.1, -0.05) is 30.3 Å². The minimum atomic E-state index is -1.01. The van der Waals surface area contributed by atoms with E-state index in [1.807, 2.05) is 55.5 Å². The molecule has 0 saturated heterocycles. The first-order chi connectivity index (χ1) is 12.7. The maximum Gasteiger partial charge on any atom is 0.322 e. The molecule has 0 fully saturated rings. The summed E-state index contributed by atoms with van der Waals surface area (Å²) in [5.74, 6) is -0.385. The van der Waals surface area contributed by atoms with Crippen LogP contribution in [0.15, 0.2) is 48.5 Å². The molecule has 0 aliphatic carbocycles. The van der Waals surface area contributed by atoms with Crippen LogP contribution in [-0.4, -0.2) is 29.2 Å². The number of nitrogens with one attached hydrogen (secondary N) is 1. The number of ether oxygens (including phenoxy) is 1. The molecule has 0 bridgehead atoms. The van der Waals surface area contributed by atoms with Crippen molar-refractivity contribution >= 4 is 22.6 Å². The van der Waals surface area contributed by atoms with Gasteiger partial charge in [0.1, 0.15) is 23.9 Å². The predicted molar refractivity (Wildman–Crippen MR) is 99.2 cm³/mol. The molecule has 0 radical (unpaired) electrons. The quantitative estimate of drug-likeness (QED) is 0.706. The summed E-state index contributed by atoms with van der Waals surface area (Å²) in [5.41, 5.74) is 2.57. The average Bonchev–Trinajstić information content (AvgIpc) is 2.66. The summed E-state index contributed by atoms with van der Waals surface area (Å²) in [4.78, 5) is 15.7. The minimum absolute atomic E-state index is 0.289. The van der Waals surface area contributed by atoms with Crippen LogP contribution in [0.1, 0.15) is 12.5 Å². The van der Waals surface area contributed by atoms with E-state index in [4.69, 9.17) is 9.84 Å². The molecule has 0 atom stereocenters. The Kier molecular flexibility index (Phi) is 4.99. The van der Waals surface area contributed by atoms with Gasteiger partial charge in [-0.25, -0.2) is 4.98 Å². The third kappa shape index (κ3) is 3.28. The van der Waals surface area contributed by atoms with Crippen LogP contribution in [0.4, 0.5) is 5.69 Å². The van der Waals surface area contributed by atoms with Gasteiger partial charge >= 0.3 is 5.97 Å². The number of pyridine rings is 1. The molecule has 0 spiro atoms. The summed E-state index contributed by atoms with van der Waals surface area (Å²) in [5, 5.41) is 22.4. The highest BCUT2D eigenvalue weighted by molar-refractivity contribution is 5.99. The zero-order valence-electron chi connectivity index (χ0n) is 14.2. The van der Waals surface area contributed by atoms with Gasteiger partial charge in [-0.05, 0) is 25.1 Å².